The lowest BCUT2D eigenvalue weighted by Crippen LogP contribution is -2.20. The van der Waals surface area contributed by atoms with E-state index in [4.69, 9.17) is 44.3 Å². The second-order valence-corrected chi connectivity index (χ2v) is 8.51. The average molecular weight is 515 g/mol. The molecule has 176 valence electrons. The Morgan fingerprint density at radius 2 is 1.85 bits per heavy atom. The van der Waals surface area contributed by atoms with E-state index >= 15 is 0 Å². The molecule has 3 rings (SSSR count). The van der Waals surface area contributed by atoms with Crippen LogP contribution in [-0.4, -0.2) is 46.9 Å². The molecular weight excluding hydrogens is 493 g/mol. The summed E-state index contributed by atoms with van der Waals surface area (Å²) in [5.41, 5.74) is 0.869. The maximum Gasteiger partial charge on any atom is 0.227 e. The molecule has 1 amide bonds. The summed E-state index contributed by atoms with van der Waals surface area (Å²) in [7, 11) is 1.52. The SMILES string of the molecule is CNC(=O)CCOc1ncc(Cl)c2c1c(=O)cc(C)n2-c1c(Cl)cc(OC[C@@H](C)O)cc1Cl. The molecule has 0 spiro atoms. The summed E-state index contributed by atoms with van der Waals surface area (Å²) < 4.78 is 12.8. The summed E-state index contributed by atoms with van der Waals surface area (Å²) in [5, 5.41) is 12.7. The van der Waals surface area contributed by atoms with Crippen molar-refractivity contribution < 1.29 is 19.4 Å². The molecule has 0 aliphatic rings. The molecule has 0 radical (unpaired) electrons. The summed E-state index contributed by atoms with van der Waals surface area (Å²) in [6.07, 6.45) is 0.783. The predicted molar refractivity (Wildman–Crippen MR) is 128 cm³/mol. The number of aromatic nitrogens is 2. The summed E-state index contributed by atoms with van der Waals surface area (Å²) in [5.74, 6) is 0.211. The molecule has 11 heteroatoms. The van der Waals surface area contributed by atoms with Crippen molar-refractivity contribution in [1.82, 2.24) is 14.9 Å². The van der Waals surface area contributed by atoms with Crippen molar-refractivity contribution in [3.8, 4) is 17.3 Å². The van der Waals surface area contributed by atoms with E-state index in [1.165, 1.54) is 19.3 Å². The van der Waals surface area contributed by atoms with Gasteiger partial charge in [0.25, 0.3) is 0 Å². The number of ether oxygens (including phenoxy) is 2. The van der Waals surface area contributed by atoms with Gasteiger partial charge in [-0.1, -0.05) is 34.8 Å². The van der Waals surface area contributed by atoms with Gasteiger partial charge in [0.2, 0.25) is 11.8 Å². The Balaban J connectivity index is 2.17. The van der Waals surface area contributed by atoms with Crippen LogP contribution in [0.2, 0.25) is 15.1 Å². The third-order valence-corrected chi connectivity index (χ3v) is 5.54. The lowest BCUT2D eigenvalue weighted by Gasteiger charge is -2.20. The lowest BCUT2D eigenvalue weighted by atomic mass is 10.2. The normalized spacial score (nSPS) is 12.0. The number of nitrogens with zero attached hydrogens (tertiary/aromatic N) is 2. The second-order valence-electron chi connectivity index (χ2n) is 7.29. The number of fused-ring (bicyclic) bond motifs is 1. The summed E-state index contributed by atoms with van der Waals surface area (Å²) >= 11 is 19.6. The maximum absolute atomic E-state index is 12.9. The molecule has 1 atom stereocenters. The molecule has 0 unspecified atom stereocenters. The Labute approximate surface area is 205 Å². The highest BCUT2D eigenvalue weighted by molar-refractivity contribution is 6.39. The number of aliphatic hydroxyl groups is 1. The van der Waals surface area contributed by atoms with Crippen molar-refractivity contribution in [2.75, 3.05) is 20.3 Å². The number of hydrogen-bond donors (Lipinski definition) is 2. The molecular formula is C22H22Cl3N3O5. The molecule has 0 aliphatic heterocycles. The zero-order valence-corrected chi connectivity index (χ0v) is 20.4. The van der Waals surface area contributed by atoms with Crippen LogP contribution in [0.4, 0.5) is 0 Å². The third-order valence-electron chi connectivity index (χ3n) is 4.69. The standard InChI is InChI=1S/C22H22Cl3N3O5/c1-11-6-17(30)19-21(16(25)9-27-22(19)32-5-4-18(31)26-3)28(11)20-14(23)7-13(8-15(20)24)33-10-12(2)29/h6-9,12,29H,4-5,10H2,1-3H3,(H,26,31)/t12-/m1/s1. The van der Waals surface area contributed by atoms with Gasteiger partial charge in [-0.05, 0) is 13.8 Å². The minimum atomic E-state index is -0.666. The topological polar surface area (TPSA) is 103 Å². The number of nitrogens with one attached hydrogen (secondary N) is 1. The van der Waals surface area contributed by atoms with Crippen LogP contribution in [0.1, 0.15) is 19.0 Å². The maximum atomic E-state index is 12.9. The van der Waals surface area contributed by atoms with E-state index in [9.17, 15) is 14.7 Å². The van der Waals surface area contributed by atoms with Gasteiger partial charge in [-0.3, -0.25) is 9.59 Å². The Bertz CT molecular complexity index is 1240. The van der Waals surface area contributed by atoms with E-state index in [2.05, 4.69) is 10.3 Å². The zero-order valence-electron chi connectivity index (χ0n) is 18.1. The van der Waals surface area contributed by atoms with Crippen molar-refractivity contribution in [2.45, 2.75) is 26.4 Å². The van der Waals surface area contributed by atoms with Crippen LogP contribution in [0.15, 0.2) is 29.2 Å². The van der Waals surface area contributed by atoms with Gasteiger partial charge in [-0.15, -0.1) is 0 Å². The Morgan fingerprint density at radius 1 is 1.18 bits per heavy atom. The molecule has 3 aromatic rings. The van der Waals surface area contributed by atoms with Crippen LogP contribution in [0.3, 0.4) is 0 Å². The molecule has 2 N–H and O–H groups in total. The van der Waals surface area contributed by atoms with Crippen LogP contribution >= 0.6 is 34.8 Å². The van der Waals surface area contributed by atoms with Crippen molar-refractivity contribution in [3.05, 3.63) is 55.4 Å². The molecule has 33 heavy (non-hydrogen) atoms. The largest absolute Gasteiger partial charge is 0.491 e. The first-order valence-corrected chi connectivity index (χ1v) is 11.1. The van der Waals surface area contributed by atoms with Crippen molar-refractivity contribution in [1.29, 1.82) is 0 Å². The van der Waals surface area contributed by atoms with Gasteiger partial charge < -0.3 is 24.5 Å². The highest BCUT2D eigenvalue weighted by atomic mass is 35.5. The monoisotopic (exact) mass is 513 g/mol. The number of carbonyl (C=O) groups is 1. The van der Waals surface area contributed by atoms with E-state index in [1.54, 1.807) is 30.5 Å². The van der Waals surface area contributed by atoms with Gasteiger partial charge in [-0.25, -0.2) is 4.98 Å². The fourth-order valence-electron chi connectivity index (χ4n) is 3.22. The number of aliphatic hydroxyl groups excluding tert-OH is 1. The molecule has 0 fully saturated rings. The summed E-state index contributed by atoms with van der Waals surface area (Å²) in [4.78, 5) is 28.6. The zero-order chi connectivity index (χ0) is 24.3. The highest BCUT2D eigenvalue weighted by Gasteiger charge is 2.21. The number of amides is 1. The van der Waals surface area contributed by atoms with E-state index in [0.29, 0.717) is 22.6 Å². The molecule has 0 saturated heterocycles. The number of halogens is 3. The van der Waals surface area contributed by atoms with Crippen LogP contribution in [-0.2, 0) is 4.79 Å². The Kier molecular flexibility index (Phi) is 8.07. The fourth-order valence-corrected chi connectivity index (χ4v) is 4.09. The molecule has 8 nitrogen and oxygen atoms in total. The fraction of sp³-hybridized carbons (Fsp3) is 0.318. The number of benzene rings is 1. The van der Waals surface area contributed by atoms with Crippen LogP contribution in [0.25, 0.3) is 16.6 Å². The molecule has 1 aromatic carbocycles. The molecule has 2 heterocycles. The van der Waals surface area contributed by atoms with E-state index < -0.39 is 6.10 Å². The molecule has 0 aliphatic carbocycles. The van der Waals surface area contributed by atoms with Crippen LogP contribution in [0, 0.1) is 6.92 Å². The first-order valence-electron chi connectivity index (χ1n) is 9.98. The van der Waals surface area contributed by atoms with Crippen molar-refractivity contribution >= 4 is 51.6 Å². The van der Waals surface area contributed by atoms with Crippen LogP contribution < -0.4 is 20.2 Å². The second kappa shape index (κ2) is 10.6. The van der Waals surface area contributed by atoms with Crippen molar-refractivity contribution in [2.24, 2.45) is 0 Å². The minimum Gasteiger partial charge on any atom is -0.491 e. The van der Waals surface area contributed by atoms with Gasteiger partial charge in [0, 0.05) is 30.9 Å². The van der Waals surface area contributed by atoms with Gasteiger partial charge in [0.1, 0.15) is 17.7 Å². The van der Waals surface area contributed by atoms with Gasteiger partial charge in [-0.2, -0.15) is 0 Å². The Hall–Kier alpha value is -2.52. The van der Waals surface area contributed by atoms with Crippen molar-refractivity contribution in [3.63, 3.8) is 0 Å². The molecule has 2 aromatic heterocycles. The summed E-state index contributed by atoms with van der Waals surface area (Å²) in [6.45, 7) is 3.40. The van der Waals surface area contributed by atoms with Gasteiger partial charge >= 0.3 is 0 Å². The number of hydrogen-bond acceptors (Lipinski definition) is 6. The van der Waals surface area contributed by atoms with E-state index in [1.807, 2.05) is 0 Å². The third kappa shape index (κ3) is 5.52. The lowest BCUT2D eigenvalue weighted by molar-refractivity contribution is -0.121. The molecule has 0 saturated carbocycles. The van der Waals surface area contributed by atoms with Crippen LogP contribution in [0.5, 0.6) is 11.6 Å². The quantitative estimate of drug-likeness (QED) is 0.472. The van der Waals surface area contributed by atoms with Gasteiger partial charge in [0.15, 0.2) is 5.43 Å². The van der Waals surface area contributed by atoms with E-state index in [0.717, 1.165) is 0 Å². The van der Waals surface area contributed by atoms with E-state index in [-0.39, 0.29) is 57.3 Å². The number of rotatable bonds is 8. The number of pyridine rings is 2. The Morgan fingerprint density at radius 3 is 2.45 bits per heavy atom. The summed E-state index contributed by atoms with van der Waals surface area (Å²) in [6, 6.07) is 4.52. The smallest absolute Gasteiger partial charge is 0.227 e. The average Bonchev–Trinajstić information content (AvgIpc) is 2.75. The first-order chi connectivity index (χ1) is 15.6. The van der Waals surface area contributed by atoms with Gasteiger partial charge in [0.05, 0.1) is 51.6 Å². The highest BCUT2D eigenvalue weighted by Crippen LogP contribution is 2.38. The molecule has 0 bridgehead atoms. The minimum absolute atomic E-state index is 0.0214. The number of carbonyl (C=O) groups excluding carboxylic acids is 1. The number of aryl methyl sites for hydroxylation is 1. The first kappa shape index (κ1) is 25.1. The predicted octanol–water partition coefficient (Wildman–Crippen LogP) is 3.93.